The molecule has 2 aromatic rings. The number of likely N-dealkylation sites (N-methyl/N-ethyl adjacent to an activating group) is 1. The van der Waals surface area contributed by atoms with E-state index in [1.807, 2.05) is 41.6 Å². The Labute approximate surface area is 191 Å². The molecule has 7 heteroatoms. The standard InChI is InChI=1S/C25H36N6O/c1-30(23-10-4-7-20-8-5-14-29-25(20)23)18-22-19-31(16-15-28-22)24(32)11-6-12-26-17-21-9-2-3-13-27-21/h2-3,5,8-9,13-14,22-23,26,28H,4,6-7,10-12,15-19H2,1H3. The van der Waals surface area contributed by atoms with Gasteiger partial charge < -0.3 is 15.5 Å². The zero-order valence-electron chi connectivity index (χ0n) is 19.2. The third-order valence-corrected chi connectivity index (χ3v) is 6.59. The average molecular weight is 437 g/mol. The van der Waals surface area contributed by atoms with Crippen molar-refractivity contribution in [3.63, 3.8) is 0 Å². The Morgan fingerprint density at radius 3 is 3.03 bits per heavy atom. The van der Waals surface area contributed by atoms with E-state index in [1.54, 1.807) is 0 Å². The topological polar surface area (TPSA) is 73.4 Å². The molecule has 2 unspecified atom stereocenters. The first kappa shape index (κ1) is 22.8. The summed E-state index contributed by atoms with van der Waals surface area (Å²) >= 11 is 0. The molecule has 32 heavy (non-hydrogen) atoms. The van der Waals surface area contributed by atoms with Crippen LogP contribution in [0.2, 0.25) is 0 Å². The van der Waals surface area contributed by atoms with Crippen LogP contribution >= 0.6 is 0 Å². The first-order valence-corrected chi connectivity index (χ1v) is 12.0. The monoisotopic (exact) mass is 436 g/mol. The molecule has 1 amide bonds. The van der Waals surface area contributed by atoms with E-state index in [-0.39, 0.29) is 5.91 Å². The van der Waals surface area contributed by atoms with Crippen molar-refractivity contribution in [2.75, 3.05) is 39.8 Å². The minimum atomic E-state index is 0.267. The van der Waals surface area contributed by atoms with Crippen molar-refractivity contribution < 1.29 is 4.79 Å². The summed E-state index contributed by atoms with van der Waals surface area (Å²) in [6, 6.07) is 10.9. The number of aromatic nitrogens is 2. The lowest BCUT2D eigenvalue weighted by molar-refractivity contribution is -0.132. The number of pyridine rings is 2. The number of hydrogen-bond donors (Lipinski definition) is 2. The molecule has 1 aliphatic carbocycles. The van der Waals surface area contributed by atoms with E-state index in [1.165, 1.54) is 17.7 Å². The second kappa shape index (κ2) is 11.5. The van der Waals surface area contributed by atoms with E-state index in [4.69, 9.17) is 0 Å². The molecule has 0 spiro atoms. The van der Waals surface area contributed by atoms with Gasteiger partial charge in [0.15, 0.2) is 0 Å². The third kappa shape index (κ3) is 6.12. The van der Waals surface area contributed by atoms with Gasteiger partial charge in [0.1, 0.15) is 0 Å². The number of aryl methyl sites for hydroxylation is 1. The van der Waals surface area contributed by atoms with Gasteiger partial charge in [-0.1, -0.05) is 12.1 Å². The van der Waals surface area contributed by atoms with Crippen LogP contribution in [0.4, 0.5) is 0 Å². The highest BCUT2D eigenvalue weighted by Crippen LogP contribution is 2.31. The van der Waals surface area contributed by atoms with Gasteiger partial charge in [0.25, 0.3) is 0 Å². The number of carbonyl (C=O) groups is 1. The van der Waals surface area contributed by atoms with Gasteiger partial charge >= 0.3 is 0 Å². The Morgan fingerprint density at radius 2 is 2.16 bits per heavy atom. The quantitative estimate of drug-likeness (QED) is 0.587. The van der Waals surface area contributed by atoms with Crippen LogP contribution < -0.4 is 10.6 Å². The van der Waals surface area contributed by atoms with Crippen molar-refractivity contribution >= 4 is 5.91 Å². The SMILES string of the molecule is CN(CC1CN(C(=O)CCCNCc2ccccn2)CCN1)C1CCCc2cccnc21. The Balaban J connectivity index is 1.20. The number of amides is 1. The van der Waals surface area contributed by atoms with Gasteiger partial charge in [-0.15, -0.1) is 0 Å². The molecule has 2 atom stereocenters. The van der Waals surface area contributed by atoms with E-state index in [0.717, 1.165) is 64.2 Å². The molecule has 2 aromatic heterocycles. The molecule has 4 rings (SSSR count). The average Bonchev–Trinajstić information content (AvgIpc) is 2.84. The smallest absolute Gasteiger partial charge is 0.222 e. The lowest BCUT2D eigenvalue weighted by atomic mass is 9.91. The van der Waals surface area contributed by atoms with Crippen LogP contribution in [-0.2, 0) is 17.8 Å². The van der Waals surface area contributed by atoms with Crippen molar-refractivity contribution in [2.45, 2.75) is 50.7 Å². The van der Waals surface area contributed by atoms with E-state index < -0.39 is 0 Å². The summed E-state index contributed by atoms with van der Waals surface area (Å²) in [5.41, 5.74) is 3.66. The van der Waals surface area contributed by atoms with Crippen LogP contribution in [0.5, 0.6) is 0 Å². The number of rotatable bonds is 9. The van der Waals surface area contributed by atoms with Crippen molar-refractivity contribution in [3.05, 3.63) is 59.7 Å². The molecule has 0 saturated carbocycles. The van der Waals surface area contributed by atoms with Crippen LogP contribution in [0.25, 0.3) is 0 Å². The Morgan fingerprint density at radius 1 is 1.25 bits per heavy atom. The van der Waals surface area contributed by atoms with Gasteiger partial charge in [-0.3, -0.25) is 19.7 Å². The lowest BCUT2D eigenvalue weighted by Crippen LogP contribution is -2.56. The molecule has 2 aliphatic rings. The van der Waals surface area contributed by atoms with E-state index in [9.17, 15) is 4.79 Å². The van der Waals surface area contributed by atoms with Gasteiger partial charge in [0, 0.05) is 57.6 Å². The highest BCUT2D eigenvalue weighted by atomic mass is 16.2. The molecule has 1 fully saturated rings. The Hall–Kier alpha value is -2.35. The third-order valence-electron chi connectivity index (χ3n) is 6.59. The van der Waals surface area contributed by atoms with Gasteiger partial charge in [0.05, 0.1) is 17.4 Å². The number of nitrogens with zero attached hydrogens (tertiary/aromatic N) is 4. The molecule has 0 radical (unpaired) electrons. The molecule has 3 heterocycles. The van der Waals surface area contributed by atoms with Gasteiger partial charge in [-0.2, -0.15) is 0 Å². The van der Waals surface area contributed by atoms with Crippen molar-refractivity contribution in [1.82, 2.24) is 30.4 Å². The normalized spacial score (nSPS) is 20.9. The molecule has 0 bridgehead atoms. The molecule has 1 saturated heterocycles. The van der Waals surface area contributed by atoms with E-state index in [2.05, 4.69) is 38.6 Å². The summed E-state index contributed by atoms with van der Waals surface area (Å²) in [5, 5.41) is 7.00. The lowest BCUT2D eigenvalue weighted by Gasteiger charge is -2.39. The largest absolute Gasteiger partial charge is 0.340 e. The summed E-state index contributed by atoms with van der Waals surface area (Å²) in [6.07, 6.45) is 8.67. The molecule has 172 valence electrons. The predicted octanol–water partition coefficient (Wildman–Crippen LogP) is 2.16. The fourth-order valence-corrected chi connectivity index (χ4v) is 4.91. The van der Waals surface area contributed by atoms with Gasteiger partial charge in [-0.05, 0) is 63.0 Å². The number of fused-ring (bicyclic) bond motifs is 1. The zero-order valence-corrected chi connectivity index (χ0v) is 19.2. The van der Waals surface area contributed by atoms with Crippen LogP contribution in [0.3, 0.4) is 0 Å². The van der Waals surface area contributed by atoms with Crippen molar-refractivity contribution in [3.8, 4) is 0 Å². The van der Waals surface area contributed by atoms with Crippen LogP contribution in [-0.4, -0.2) is 71.5 Å². The Kier molecular flexibility index (Phi) is 8.20. The fourth-order valence-electron chi connectivity index (χ4n) is 4.91. The Bertz CT molecular complexity index is 861. The van der Waals surface area contributed by atoms with Crippen molar-refractivity contribution in [1.29, 1.82) is 0 Å². The maximum Gasteiger partial charge on any atom is 0.222 e. The van der Waals surface area contributed by atoms with E-state index >= 15 is 0 Å². The number of carbonyl (C=O) groups excluding carboxylic acids is 1. The van der Waals surface area contributed by atoms with E-state index in [0.29, 0.717) is 18.5 Å². The van der Waals surface area contributed by atoms with Crippen molar-refractivity contribution in [2.24, 2.45) is 0 Å². The maximum atomic E-state index is 12.8. The molecule has 2 N–H and O–H groups in total. The van der Waals surface area contributed by atoms with Gasteiger partial charge in [0.2, 0.25) is 5.91 Å². The first-order valence-electron chi connectivity index (χ1n) is 12.0. The molecule has 1 aliphatic heterocycles. The number of nitrogens with one attached hydrogen (secondary N) is 2. The number of piperazine rings is 1. The van der Waals surface area contributed by atoms with Gasteiger partial charge in [-0.25, -0.2) is 0 Å². The summed E-state index contributed by atoms with van der Waals surface area (Å²) in [4.78, 5) is 26.2. The second-order valence-corrected chi connectivity index (χ2v) is 8.99. The molecule has 0 aromatic carbocycles. The number of hydrogen-bond acceptors (Lipinski definition) is 6. The minimum absolute atomic E-state index is 0.267. The summed E-state index contributed by atoms with van der Waals surface area (Å²) in [6.45, 7) is 4.95. The summed E-state index contributed by atoms with van der Waals surface area (Å²) in [7, 11) is 2.20. The highest BCUT2D eigenvalue weighted by Gasteiger charge is 2.29. The second-order valence-electron chi connectivity index (χ2n) is 8.99. The van der Waals surface area contributed by atoms with Crippen LogP contribution in [0, 0.1) is 0 Å². The zero-order chi connectivity index (χ0) is 22.2. The molecular weight excluding hydrogens is 400 g/mol. The summed E-state index contributed by atoms with van der Waals surface area (Å²) in [5.74, 6) is 0.267. The highest BCUT2D eigenvalue weighted by molar-refractivity contribution is 5.76. The van der Waals surface area contributed by atoms with Crippen LogP contribution in [0.1, 0.15) is 48.7 Å². The molecular formula is C25H36N6O. The summed E-state index contributed by atoms with van der Waals surface area (Å²) < 4.78 is 0. The maximum absolute atomic E-state index is 12.8. The first-order chi connectivity index (χ1) is 15.7. The minimum Gasteiger partial charge on any atom is -0.340 e. The fraction of sp³-hybridized carbons (Fsp3) is 0.560. The predicted molar refractivity (Wildman–Crippen MR) is 126 cm³/mol. The molecule has 7 nitrogen and oxygen atoms in total. The van der Waals surface area contributed by atoms with Crippen LogP contribution in [0.15, 0.2) is 42.7 Å².